The number of hydrogen-bond donors (Lipinski definition) is 0. The maximum atomic E-state index is 14.0. The van der Waals surface area contributed by atoms with Gasteiger partial charge < -0.3 is 14.3 Å². The molecule has 4 unspecified atom stereocenters. The molecule has 1 saturated heterocycles. The fourth-order valence-corrected chi connectivity index (χ4v) is 2.02. The first-order valence-corrected chi connectivity index (χ1v) is 6.09. The molecule has 1 aliphatic rings. The zero-order chi connectivity index (χ0) is 13.0. The molecule has 4 heteroatoms. The van der Waals surface area contributed by atoms with Crippen LogP contribution in [0.25, 0.3) is 0 Å². The Bertz CT molecular complexity index is 382. The minimum absolute atomic E-state index is 0.248. The molecule has 0 bridgehead atoms. The number of halogens is 1. The zero-order valence-electron chi connectivity index (χ0n) is 10.3. The van der Waals surface area contributed by atoms with Gasteiger partial charge in [0, 0.05) is 5.92 Å². The van der Waals surface area contributed by atoms with E-state index in [0.717, 1.165) is 5.56 Å². The van der Waals surface area contributed by atoms with Crippen molar-refractivity contribution in [1.82, 2.24) is 0 Å². The quantitative estimate of drug-likeness (QED) is 0.770. The maximum Gasteiger partial charge on any atom is 0.151 e. The second-order valence-corrected chi connectivity index (χ2v) is 4.62. The molecule has 0 N–H and O–H groups in total. The van der Waals surface area contributed by atoms with Crippen LogP contribution in [0.3, 0.4) is 0 Å². The van der Waals surface area contributed by atoms with Gasteiger partial charge in [-0.2, -0.15) is 0 Å². The average Bonchev–Trinajstić information content (AvgIpc) is 2.41. The van der Waals surface area contributed by atoms with Crippen LogP contribution in [0.15, 0.2) is 30.3 Å². The summed E-state index contributed by atoms with van der Waals surface area (Å²) in [5, 5.41) is 0. The van der Waals surface area contributed by atoms with Gasteiger partial charge in [0.2, 0.25) is 0 Å². The Morgan fingerprint density at radius 1 is 1.44 bits per heavy atom. The second-order valence-electron chi connectivity index (χ2n) is 4.62. The number of rotatable bonds is 4. The summed E-state index contributed by atoms with van der Waals surface area (Å²) in [7, 11) is 0. The molecule has 18 heavy (non-hydrogen) atoms. The molecule has 0 radical (unpaired) electrons. The summed E-state index contributed by atoms with van der Waals surface area (Å²) in [6.45, 7) is 2.30. The third kappa shape index (κ3) is 2.94. The van der Waals surface area contributed by atoms with Crippen LogP contribution in [0.5, 0.6) is 0 Å². The number of benzene rings is 1. The third-order valence-electron chi connectivity index (χ3n) is 3.15. The van der Waals surface area contributed by atoms with Gasteiger partial charge in [-0.25, -0.2) is 4.39 Å². The minimum Gasteiger partial charge on any atom is -0.367 e. The zero-order valence-corrected chi connectivity index (χ0v) is 10.3. The summed E-state index contributed by atoms with van der Waals surface area (Å²) in [5.74, 6) is -0.248. The van der Waals surface area contributed by atoms with Crippen LogP contribution in [0, 0.1) is 5.92 Å². The highest BCUT2D eigenvalue weighted by Crippen LogP contribution is 2.25. The number of alkyl halides is 1. The maximum absolute atomic E-state index is 14.0. The molecule has 98 valence electrons. The first-order chi connectivity index (χ1) is 8.72. The van der Waals surface area contributed by atoms with Crippen LogP contribution in [-0.2, 0) is 20.9 Å². The lowest BCUT2D eigenvalue weighted by Gasteiger charge is -2.35. The first kappa shape index (κ1) is 13.2. The van der Waals surface area contributed by atoms with E-state index < -0.39 is 18.4 Å². The van der Waals surface area contributed by atoms with Crippen molar-refractivity contribution in [2.45, 2.75) is 31.9 Å². The number of carbonyl (C=O) groups excluding carboxylic acids is 1. The molecule has 0 aromatic heterocycles. The molecule has 0 aliphatic carbocycles. The number of aldehydes is 1. The highest BCUT2D eigenvalue weighted by molar-refractivity contribution is 5.57. The largest absolute Gasteiger partial charge is 0.367 e. The number of carbonyl (C=O) groups is 1. The van der Waals surface area contributed by atoms with Crippen molar-refractivity contribution in [3.05, 3.63) is 35.9 Å². The minimum atomic E-state index is -1.17. The summed E-state index contributed by atoms with van der Waals surface area (Å²) in [6.07, 6.45) is -2.17. The summed E-state index contributed by atoms with van der Waals surface area (Å²) in [4.78, 5) is 10.9. The summed E-state index contributed by atoms with van der Waals surface area (Å²) in [6, 6.07) is 9.49. The van der Waals surface area contributed by atoms with E-state index in [9.17, 15) is 9.18 Å². The van der Waals surface area contributed by atoms with Crippen LogP contribution in [0.4, 0.5) is 4.39 Å². The van der Waals surface area contributed by atoms with Crippen molar-refractivity contribution in [2.75, 3.05) is 6.61 Å². The molecule has 1 aromatic rings. The molecule has 2 rings (SSSR count). The molecular formula is C14H17FO3. The fourth-order valence-electron chi connectivity index (χ4n) is 2.02. The van der Waals surface area contributed by atoms with Gasteiger partial charge in [0.05, 0.1) is 13.2 Å². The summed E-state index contributed by atoms with van der Waals surface area (Å²) < 4.78 is 24.8. The van der Waals surface area contributed by atoms with E-state index in [1.54, 1.807) is 6.92 Å². The summed E-state index contributed by atoms with van der Waals surface area (Å²) in [5.41, 5.74) is 0.951. The van der Waals surface area contributed by atoms with E-state index in [4.69, 9.17) is 9.47 Å². The fraction of sp³-hybridized carbons (Fsp3) is 0.500. The molecule has 0 spiro atoms. The normalized spacial score (nSPS) is 32.1. The van der Waals surface area contributed by atoms with Gasteiger partial charge in [-0.3, -0.25) is 0 Å². The lowest BCUT2D eigenvalue weighted by molar-refractivity contribution is -0.168. The van der Waals surface area contributed by atoms with E-state index in [1.807, 2.05) is 30.3 Å². The van der Waals surface area contributed by atoms with Gasteiger partial charge in [-0.15, -0.1) is 0 Å². The molecule has 0 saturated carbocycles. The highest BCUT2D eigenvalue weighted by atomic mass is 19.1. The van der Waals surface area contributed by atoms with Crippen molar-refractivity contribution in [3.63, 3.8) is 0 Å². The van der Waals surface area contributed by atoms with Crippen LogP contribution in [0.2, 0.25) is 0 Å². The van der Waals surface area contributed by atoms with Crippen molar-refractivity contribution in [1.29, 1.82) is 0 Å². The molecule has 1 aromatic carbocycles. The highest BCUT2D eigenvalue weighted by Gasteiger charge is 2.39. The van der Waals surface area contributed by atoms with E-state index >= 15 is 0 Å². The molecule has 0 amide bonds. The van der Waals surface area contributed by atoms with E-state index in [-0.39, 0.29) is 19.1 Å². The SMILES string of the molecule is CC1COC(C=O)C(OCc2ccccc2)C1F. The summed E-state index contributed by atoms with van der Waals surface area (Å²) >= 11 is 0. The monoisotopic (exact) mass is 252 g/mol. The first-order valence-electron chi connectivity index (χ1n) is 6.09. The van der Waals surface area contributed by atoms with E-state index in [2.05, 4.69) is 0 Å². The smallest absolute Gasteiger partial charge is 0.151 e. The molecule has 1 fully saturated rings. The van der Waals surface area contributed by atoms with Crippen molar-refractivity contribution in [3.8, 4) is 0 Å². The van der Waals surface area contributed by atoms with Gasteiger partial charge >= 0.3 is 0 Å². The third-order valence-corrected chi connectivity index (χ3v) is 3.15. The van der Waals surface area contributed by atoms with Gasteiger partial charge in [0.15, 0.2) is 6.29 Å². The predicted octanol–water partition coefficient (Wildman–Crippen LogP) is 2.14. The Labute approximate surface area is 106 Å². The Morgan fingerprint density at radius 3 is 2.83 bits per heavy atom. The number of ether oxygens (including phenoxy) is 2. The molecule has 3 nitrogen and oxygen atoms in total. The molecular weight excluding hydrogens is 235 g/mol. The van der Waals surface area contributed by atoms with Crippen molar-refractivity contribution < 1.29 is 18.7 Å². The molecule has 4 atom stereocenters. The second kappa shape index (κ2) is 6.07. The predicted molar refractivity (Wildman–Crippen MR) is 64.9 cm³/mol. The van der Waals surface area contributed by atoms with Gasteiger partial charge in [0.25, 0.3) is 0 Å². The average molecular weight is 252 g/mol. The van der Waals surface area contributed by atoms with Crippen LogP contribution in [-0.4, -0.2) is 31.3 Å². The Morgan fingerprint density at radius 2 is 2.17 bits per heavy atom. The topological polar surface area (TPSA) is 35.5 Å². The van der Waals surface area contributed by atoms with Gasteiger partial charge in [-0.1, -0.05) is 37.3 Å². The molecule has 1 aliphatic heterocycles. The Hall–Kier alpha value is -1.26. The lowest BCUT2D eigenvalue weighted by Crippen LogP contribution is -2.49. The van der Waals surface area contributed by atoms with Crippen LogP contribution in [0.1, 0.15) is 12.5 Å². The molecule has 1 heterocycles. The van der Waals surface area contributed by atoms with Crippen LogP contribution >= 0.6 is 0 Å². The Kier molecular flexibility index (Phi) is 4.44. The lowest BCUT2D eigenvalue weighted by atomic mass is 9.95. The standard InChI is InChI=1S/C14H17FO3/c1-10-8-17-12(7-16)14(13(10)15)18-9-11-5-3-2-4-6-11/h2-7,10,12-14H,8-9H2,1H3. The van der Waals surface area contributed by atoms with Crippen molar-refractivity contribution in [2.24, 2.45) is 5.92 Å². The Balaban J connectivity index is 1.98. The van der Waals surface area contributed by atoms with Gasteiger partial charge in [-0.05, 0) is 5.56 Å². The number of hydrogen-bond acceptors (Lipinski definition) is 3. The van der Waals surface area contributed by atoms with Gasteiger partial charge in [0.1, 0.15) is 18.4 Å². The van der Waals surface area contributed by atoms with E-state index in [0.29, 0.717) is 6.29 Å². The van der Waals surface area contributed by atoms with Crippen LogP contribution < -0.4 is 0 Å². The van der Waals surface area contributed by atoms with E-state index in [1.165, 1.54) is 0 Å². The van der Waals surface area contributed by atoms with Crippen molar-refractivity contribution >= 4 is 6.29 Å².